The molecule has 0 unspecified atom stereocenters. The van der Waals surface area contributed by atoms with Crippen LogP contribution < -0.4 is 0 Å². The van der Waals surface area contributed by atoms with Crippen molar-refractivity contribution in [3.8, 4) is 21.7 Å². The Balaban J connectivity index is 1.93. The predicted octanol–water partition coefficient (Wildman–Crippen LogP) is 6.70. The largest absolute Gasteiger partial charge is 0.346 e. The first-order valence-corrected chi connectivity index (χ1v) is 9.49. The maximum atomic E-state index is 4.92. The molecule has 3 aromatic carbocycles. The fourth-order valence-electron chi connectivity index (χ4n) is 3.94. The predicted molar refractivity (Wildman–Crippen MR) is 111 cm³/mol. The summed E-state index contributed by atoms with van der Waals surface area (Å²) in [7, 11) is 0. The second-order valence-corrected chi connectivity index (χ2v) is 7.53. The van der Waals surface area contributed by atoms with Crippen molar-refractivity contribution >= 4 is 43.4 Å². The number of hydrogen-bond acceptors (Lipinski definition) is 2. The maximum Gasteiger partial charge on any atom is 0.127 e. The number of aromatic amines is 1. The molecule has 0 radical (unpaired) electrons. The molecule has 3 heterocycles. The second kappa shape index (κ2) is 5.16. The van der Waals surface area contributed by atoms with Crippen LogP contribution in [0.4, 0.5) is 0 Å². The van der Waals surface area contributed by atoms with Gasteiger partial charge in [-0.1, -0.05) is 78.1 Å². The van der Waals surface area contributed by atoms with E-state index in [4.69, 9.17) is 4.98 Å². The summed E-state index contributed by atoms with van der Waals surface area (Å²) in [6.45, 7) is 0. The molecule has 0 fully saturated rings. The molecular weight excluding hydrogens is 336 g/mol. The zero-order valence-electron chi connectivity index (χ0n) is 13.9. The van der Waals surface area contributed by atoms with E-state index in [1.807, 2.05) is 0 Å². The van der Waals surface area contributed by atoms with Gasteiger partial charge in [0.1, 0.15) is 9.84 Å². The SMILES string of the molecule is c1ccc(-c2c3c4ccccc4nc-3sc3[nH]c4ccccc4c23)cc1. The molecule has 0 amide bonds. The first kappa shape index (κ1) is 14.0. The molecule has 0 atom stereocenters. The number of nitrogens with zero attached hydrogens (tertiary/aromatic N) is 1. The number of benzene rings is 3. The van der Waals surface area contributed by atoms with E-state index in [9.17, 15) is 0 Å². The highest BCUT2D eigenvalue weighted by atomic mass is 32.1. The molecule has 0 saturated heterocycles. The van der Waals surface area contributed by atoms with Crippen LogP contribution in [0.25, 0.3) is 53.7 Å². The Kier molecular flexibility index (Phi) is 2.79. The third-order valence-electron chi connectivity index (χ3n) is 5.04. The third-order valence-corrected chi connectivity index (χ3v) is 6.04. The zero-order valence-corrected chi connectivity index (χ0v) is 14.7. The molecule has 1 aromatic heterocycles. The van der Waals surface area contributed by atoms with Gasteiger partial charge in [-0.25, -0.2) is 4.98 Å². The minimum absolute atomic E-state index is 1.06. The molecule has 4 aromatic rings. The van der Waals surface area contributed by atoms with Gasteiger partial charge < -0.3 is 4.98 Å². The van der Waals surface area contributed by atoms with Gasteiger partial charge in [-0.2, -0.15) is 0 Å². The number of rotatable bonds is 1. The number of para-hydroxylation sites is 2. The highest BCUT2D eigenvalue weighted by Crippen LogP contribution is 2.48. The van der Waals surface area contributed by atoms with Crippen molar-refractivity contribution in [3.63, 3.8) is 0 Å². The Hall–Kier alpha value is -3.17. The van der Waals surface area contributed by atoms with Crippen LogP contribution in [0.1, 0.15) is 0 Å². The number of fused-ring (bicyclic) bond motifs is 6. The molecule has 122 valence electrons. The summed E-state index contributed by atoms with van der Waals surface area (Å²) >= 11 is 1.74. The van der Waals surface area contributed by atoms with Crippen LogP contribution >= 0.6 is 11.3 Å². The van der Waals surface area contributed by atoms with Gasteiger partial charge in [-0.3, -0.25) is 0 Å². The van der Waals surface area contributed by atoms with Gasteiger partial charge in [0.2, 0.25) is 0 Å². The number of nitrogens with one attached hydrogen (secondary N) is 1. The summed E-state index contributed by atoms with van der Waals surface area (Å²) < 4.78 is 0. The van der Waals surface area contributed by atoms with E-state index >= 15 is 0 Å². The fourth-order valence-corrected chi connectivity index (χ4v) is 5.06. The van der Waals surface area contributed by atoms with Gasteiger partial charge in [0, 0.05) is 32.8 Å². The molecule has 26 heavy (non-hydrogen) atoms. The monoisotopic (exact) mass is 350 g/mol. The lowest BCUT2D eigenvalue weighted by molar-refractivity contribution is 1.52. The van der Waals surface area contributed by atoms with E-state index in [-0.39, 0.29) is 0 Å². The van der Waals surface area contributed by atoms with E-state index in [1.165, 1.54) is 43.2 Å². The van der Waals surface area contributed by atoms with Gasteiger partial charge in [0.25, 0.3) is 0 Å². The summed E-state index contributed by atoms with van der Waals surface area (Å²) in [5, 5.41) is 4.88. The van der Waals surface area contributed by atoms with Gasteiger partial charge in [0.15, 0.2) is 0 Å². The van der Waals surface area contributed by atoms with Crippen molar-refractivity contribution in [3.05, 3.63) is 78.9 Å². The Bertz CT molecular complexity index is 1370. The number of H-pyrrole nitrogens is 1. The lowest BCUT2D eigenvalue weighted by atomic mass is 9.96. The van der Waals surface area contributed by atoms with Crippen molar-refractivity contribution in [1.82, 2.24) is 9.97 Å². The van der Waals surface area contributed by atoms with Crippen molar-refractivity contribution in [2.75, 3.05) is 0 Å². The average molecular weight is 350 g/mol. The van der Waals surface area contributed by atoms with Crippen LogP contribution in [-0.2, 0) is 0 Å². The minimum Gasteiger partial charge on any atom is -0.346 e. The first-order chi connectivity index (χ1) is 12.9. The lowest BCUT2D eigenvalue weighted by Gasteiger charge is -2.11. The molecule has 1 N–H and O–H groups in total. The van der Waals surface area contributed by atoms with Crippen molar-refractivity contribution in [2.24, 2.45) is 0 Å². The van der Waals surface area contributed by atoms with Crippen LogP contribution in [-0.4, -0.2) is 9.97 Å². The van der Waals surface area contributed by atoms with E-state index in [2.05, 4.69) is 83.8 Å². The number of aromatic nitrogens is 2. The Morgan fingerprint density at radius 1 is 0.692 bits per heavy atom. The Morgan fingerprint density at radius 2 is 1.42 bits per heavy atom. The van der Waals surface area contributed by atoms with Crippen LogP contribution in [0.15, 0.2) is 78.9 Å². The van der Waals surface area contributed by atoms with Gasteiger partial charge in [-0.15, -0.1) is 0 Å². The molecule has 0 saturated carbocycles. The maximum absolute atomic E-state index is 4.92. The molecule has 2 nitrogen and oxygen atoms in total. The zero-order chi connectivity index (χ0) is 17.1. The minimum atomic E-state index is 1.06. The quantitative estimate of drug-likeness (QED) is 0.351. The van der Waals surface area contributed by atoms with Crippen molar-refractivity contribution in [2.45, 2.75) is 0 Å². The summed E-state index contributed by atoms with van der Waals surface area (Å²) in [5.41, 5.74) is 6.01. The van der Waals surface area contributed by atoms with Crippen LogP contribution in [0.3, 0.4) is 0 Å². The Labute approximate surface area is 154 Å². The molecule has 2 aliphatic rings. The average Bonchev–Trinajstić information content (AvgIpc) is 3.24. The summed E-state index contributed by atoms with van der Waals surface area (Å²) in [6, 6.07) is 27.7. The summed E-state index contributed by atoms with van der Waals surface area (Å²) in [6.07, 6.45) is 0. The molecule has 0 bridgehead atoms. The lowest BCUT2D eigenvalue weighted by Crippen LogP contribution is -1.85. The van der Waals surface area contributed by atoms with Gasteiger partial charge in [-0.05, 0) is 17.7 Å². The molecule has 6 rings (SSSR count). The fraction of sp³-hybridized carbons (Fsp3) is 0. The van der Waals surface area contributed by atoms with Gasteiger partial charge in [0.05, 0.1) is 5.52 Å². The van der Waals surface area contributed by atoms with Crippen LogP contribution in [0, 0.1) is 0 Å². The molecular formula is C23H14N2S. The smallest absolute Gasteiger partial charge is 0.127 e. The summed E-state index contributed by atoms with van der Waals surface area (Å²) in [4.78, 5) is 9.70. The normalized spacial score (nSPS) is 11.8. The van der Waals surface area contributed by atoms with E-state index in [0.717, 1.165) is 10.5 Å². The van der Waals surface area contributed by atoms with Crippen molar-refractivity contribution < 1.29 is 0 Å². The third kappa shape index (κ3) is 1.83. The standard InChI is InChI=1S/C23H14N2S/c1-2-8-14(9-3-1)19-20-15-10-4-6-12-17(15)24-22(20)26-23-21(19)16-11-5-7-13-18(16)25-23/h1-13,24H. The van der Waals surface area contributed by atoms with Crippen molar-refractivity contribution in [1.29, 1.82) is 0 Å². The summed E-state index contributed by atoms with van der Waals surface area (Å²) in [5.74, 6) is 0. The number of hydrogen-bond donors (Lipinski definition) is 1. The second-order valence-electron chi connectivity index (χ2n) is 6.53. The molecule has 0 aliphatic carbocycles. The topological polar surface area (TPSA) is 28.7 Å². The Morgan fingerprint density at radius 3 is 2.31 bits per heavy atom. The van der Waals surface area contributed by atoms with Crippen LogP contribution in [0.2, 0.25) is 0 Å². The van der Waals surface area contributed by atoms with Crippen LogP contribution in [0.5, 0.6) is 0 Å². The molecule has 3 heteroatoms. The highest BCUT2D eigenvalue weighted by molar-refractivity contribution is 7.21. The molecule has 0 spiro atoms. The van der Waals surface area contributed by atoms with E-state index < -0.39 is 0 Å². The first-order valence-electron chi connectivity index (χ1n) is 8.67. The highest BCUT2D eigenvalue weighted by Gasteiger charge is 2.23. The van der Waals surface area contributed by atoms with E-state index in [0.29, 0.717) is 0 Å². The van der Waals surface area contributed by atoms with Gasteiger partial charge >= 0.3 is 0 Å². The van der Waals surface area contributed by atoms with E-state index in [1.54, 1.807) is 11.3 Å². The molecule has 2 aliphatic heterocycles.